The van der Waals surface area contributed by atoms with Crippen molar-refractivity contribution in [2.75, 3.05) is 33.4 Å². The van der Waals surface area contributed by atoms with Gasteiger partial charge in [-0.3, -0.25) is 4.68 Å². The Morgan fingerprint density at radius 1 is 1.57 bits per heavy atom. The summed E-state index contributed by atoms with van der Waals surface area (Å²) >= 11 is 0. The predicted octanol–water partition coefficient (Wildman–Crippen LogP) is 1.47. The number of aliphatic imine (C=N–C) groups is 1. The van der Waals surface area contributed by atoms with E-state index in [1.54, 1.807) is 7.11 Å². The lowest BCUT2D eigenvalue weighted by Crippen LogP contribution is -2.40. The minimum absolute atomic E-state index is 0. The average Bonchev–Trinajstić information content (AvgIpc) is 3.05. The van der Waals surface area contributed by atoms with Gasteiger partial charge in [0.05, 0.1) is 18.8 Å². The van der Waals surface area contributed by atoms with Crippen LogP contribution in [0.1, 0.15) is 19.0 Å². The van der Waals surface area contributed by atoms with Gasteiger partial charge in [-0.05, 0) is 19.4 Å². The van der Waals surface area contributed by atoms with Crippen LogP contribution in [0.5, 0.6) is 0 Å². The molecule has 1 aliphatic heterocycles. The van der Waals surface area contributed by atoms with Crippen molar-refractivity contribution >= 4 is 29.9 Å². The fourth-order valence-corrected chi connectivity index (χ4v) is 2.53. The number of nitrogens with one attached hydrogen (secondary N) is 1. The number of guanidine groups is 1. The Kier molecular flexibility index (Phi) is 8.02. The Morgan fingerprint density at radius 2 is 2.38 bits per heavy atom. The Balaban J connectivity index is 0.00000220. The molecule has 7 heteroatoms. The highest BCUT2D eigenvalue weighted by molar-refractivity contribution is 14.0. The van der Waals surface area contributed by atoms with E-state index in [2.05, 4.69) is 22.2 Å². The highest BCUT2D eigenvalue weighted by Gasteiger charge is 2.24. The second-order valence-electron chi connectivity index (χ2n) is 5.17. The molecule has 1 N–H and O–H groups in total. The summed E-state index contributed by atoms with van der Waals surface area (Å²) in [6.45, 7) is 6.54. The number of halogens is 1. The molecule has 1 saturated heterocycles. The van der Waals surface area contributed by atoms with Crippen LogP contribution >= 0.6 is 24.0 Å². The standard InChI is InChI=1S/C14H25N5O.HI/c1-4-15-14(16-9-13-5-7-17-18(13)2)19-8-6-12(10-19)11-20-3;/h5,7,12H,4,6,8-11H2,1-3H3,(H,15,16);1H. The summed E-state index contributed by atoms with van der Waals surface area (Å²) in [5.41, 5.74) is 1.12. The molecule has 0 bridgehead atoms. The van der Waals surface area contributed by atoms with Crippen LogP contribution in [-0.4, -0.2) is 54.0 Å². The van der Waals surface area contributed by atoms with Gasteiger partial charge in [0.25, 0.3) is 0 Å². The SMILES string of the molecule is CCNC(=NCc1ccnn1C)N1CCC(COC)C1.I. The Bertz CT molecular complexity index is 448. The van der Waals surface area contributed by atoms with Crippen LogP contribution in [0, 0.1) is 5.92 Å². The van der Waals surface area contributed by atoms with Crippen molar-refractivity contribution in [3.8, 4) is 0 Å². The second-order valence-corrected chi connectivity index (χ2v) is 5.17. The molecule has 1 aromatic heterocycles. The third-order valence-corrected chi connectivity index (χ3v) is 3.64. The van der Waals surface area contributed by atoms with Gasteiger partial charge in [0.15, 0.2) is 5.96 Å². The van der Waals surface area contributed by atoms with E-state index in [0.29, 0.717) is 12.5 Å². The molecule has 1 aromatic rings. The lowest BCUT2D eigenvalue weighted by molar-refractivity contribution is 0.157. The lowest BCUT2D eigenvalue weighted by atomic mass is 10.1. The molecular weight excluding hydrogens is 381 g/mol. The summed E-state index contributed by atoms with van der Waals surface area (Å²) in [6.07, 6.45) is 2.98. The zero-order valence-corrected chi connectivity index (χ0v) is 15.4. The minimum Gasteiger partial charge on any atom is -0.384 e. The van der Waals surface area contributed by atoms with E-state index in [0.717, 1.165) is 37.9 Å². The first-order valence-electron chi connectivity index (χ1n) is 7.23. The molecule has 0 spiro atoms. The number of rotatable bonds is 5. The Hall–Kier alpha value is -0.830. The smallest absolute Gasteiger partial charge is 0.194 e. The largest absolute Gasteiger partial charge is 0.384 e. The van der Waals surface area contributed by atoms with Gasteiger partial charge in [-0.2, -0.15) is 5.10 Å². The van der Waals surface area contributed by atoms with Crippen molar-refractivity contribution in [2.24, 2.45) is 18.0 Å². The zero-order chi connectivity index (χ0) is 14.4. The quantitative estimate of drug-likeness (QED) is 0.457. The zero-order valence-electron chi connectivity index (χ0n) is 13.1. The fourth-order valence-electron chi connectivity index (χ4n) is 2.53. The number of methoxy groups -OCH3 is 1. The van der Waals surface area contributed by atoms with Gasteiger partial charge < -0.3 is 15.0 Å². The number of nitrogens with zero attached hydrogens (tertiary/aromatic N) is 4. The predicted molar refractivity (Wildman–Crippen MR) is 95.0 cm³/mol. The van der Waals surface area contributed by atoms with Gasteiger partial charge in [0, 0.05) is 45.9 Å². The Labute approximate surface area is 144 Å². The van der Waals surface area contributed by atoms with Crippen LogP contribution in [0.2, 0.25) is 0 Å². The number of ether oxygens (including phenoxy) is 1. The average molecular weight is 407 g/mol. The summed E-state index contributed by atoms with van der Waals surface area (Å²) < 4.78 is 7.12. The van der Waals surface area contributed by atoms with Crippen LogP contribution in [0.4, 0.5) is 0 Å². The second kappa shape index (κ2) is 9.24. The van der Waals surface area contributed by atoms with Gasteiger partial charge in [-0.15, -0.1) is 24.0 Å². The first-order valence-corrected chi connectivity index (χ1v) is 7.23. The summed E-state index contributed by atoms with van der Waals surface area (Å²) in [5.74, 6) is 1.60. The highest BCUT2D eigenvalue weighted by atomic mass is 127. The maximum absolute atomic E-state index is 5.25. The molecule has 1 fully saturated rings. The van der Waals surface area contributed by atoms with Crippen molar-refractivity contribution in [1.82, 2.24) is 20.0 Å². The first kappa shape index (κ1) is 18.2. The van der Waals surface area contributed by atoms with Crippen LogP contribution in [0.3, 0.4) is 0 Å². The van der Waals surface area contributed by atoms with E-state index >= 15 is 0 Å². The van der Waals surface area contributed by atoms with Gasteiger partial charge in [-0.1, -0.05) is 0 Å². The molecule has 1 unspecified atom stereocenters. The lowest BCUT2D eigenvalue weighted by Gasteiger charge is -2.21. The molecule has 2 heterocycles. The third-order valence-electron chi connectivity index (χ3n) is 3.64. The number of hydrogen-bond donors (Lipinski definition) is 1. The summed E-state index contributed by atoms with van der Waals surface area (Å²) in [7, 11) is 3.71. The van der Waals surface area contributed by atoms with E-state index < -0.39 is 0 Å². The molecular formula is C14H26IN5O. The molecule has 0 amide bonds. The van der Waals surface area contributed by atoms with E-state index in [4.69, 9.17) is 9.73 Å². The minimum atomic E-state index is 0. The number of aromatic nitrogens is 2. The van der Waals surface area contributed by atoms with Crippen LogP contribution in [0.15, 0.2) is 17.3 Å². The van der Waals surface area contributed by atoms with Crippen LogP contribution in [0.25, 0.3) is 0 Å². The van der Waals surface area contributed by atoms with Crippen molar-refractivity contribution in [3.05, 3.63) is 18.0 Å². The maximum Gasteiger partial charge on any atom is 0.194 e. The monoisotopic (exact) mass is 407 g/mol. The van der Waals surface area contributed by atoms with E-state index in [9.17, 15) is 0 Å². The van der Waals surface area contributed by atoms with Crippen LogP contribution in [-0.2, 0) is 18.3 Å². The highest BCUT2D eigenvalue weighted by Crippen LogP contribution is 2.16. The van der Waals surface area contributed by atoms with Gasteiger partial charge in [-0.25, -0.2) is 4.99 Å². The number of likely N-dealkylation sites (tertiary alicyclic amines) is 1. The number of hydrogen-bond acceptors (Lipinski definition) is 3. The molecule has 0 saturated carbocycles. The third kappa shape index (κ3) is 5.14. The molecule has 2 rings (SSSR count). The topological polar surface area (TPSA) is 54.7 Å². The molecule has 0 aromatic carbocycles. The van der Waals surface area contributed by atoms with E-state index in [1.165, 1.54) is 6.42 Å². The molecule has 120 valence electrons. The van der Waals surface area contributed by atoms with Gasteiger partial charge in [0.1, 0.15) is 0 Å². The van der Waals surface area contributed by atoms with Crippen molar-refractivity contribution in [2.45, 2.75) is 19.9 Å². The first-order chi connectivity index (χ1) is 9.74. The van der Waals surface area contributed by atoms with Crippen molar-refractivity contribution in [1.29, 1.82) is 0 Å². The molecule has 21 heavy (non-hydrogen) atoms. The molecule has 1 aliphatic rings. The van der Waals surface area contributed by atoms with Crippen molar-refractivity contribution < 1.29 is 4.74 Å². The fraction of sp³-hybridized carbons (Fsp3) is 0.714. The van der Waals surface area contributed by atoms with Gasteiger partial charge in [0.2, 0.25) is 0 Å². The van der Waals surface area contributed by atoms with Gasteiger partial charge >= 0.3 is 0 Å². The summed E-state index contributed by atoms with van der Waals surface area (Å²) in [4.78, 5) is 7.05. The van der Waals surface area contributed by atoms with E-state index in [1.807, 2.05) is 24.0 Å². The molecule has 0 radical (unpaired) electrons. The summed E-state index contributed by atoms with van der Waals surface area (Å²) in [6, 6.07) is 2.00. The molecule has 6 nitrogen and oxygen atoms in total. The summed E-state index contributed by atoms with van der Waals surface area (Å²) in [5, 5.41) is 7.55. The molecule has 1 atom stereocenters. The van der Waals surface area contributed by atoms with E-state index in [-0.39, 0.29) is 24.0 Å². The number of aryl methyl sites for hydroxylation is 1. The Morgan fingerprint density at radius 3 is 3.00 bits per heavy atom. The van der Waals surface area contributed by atoms with Crippen molar-refractivity contribution in [3.63, 3.8) is 0 Å². The van der Waals surface area contributed by atoms with Crippen LogP contribution < -0.4 is 5.32 Å². The molecule has 0 aliphatic carbocycles. The normalized spacial score (nSPS) is 18.7. The maximum atomic E-state index is 5.25.